The van der Waals surface area contributed by atoms with Gasteiger partial charge in [-0.15, -0.1) is 11.3 Å². The molecule has 1 unspecified atom stereocenters. The Morgan fingerprint density at radius 1 is 1.41 bits per heavy atom. The summed E-state index contributed by atoms with van der Waals surface area (Å²) >= 11 is 1.77. The molecule has 3 nitrogen and oxygen atoms in total. The Hall–Kier alpha value is -1.26. The maximum atomic E-state index is 4.64. The SMILES string of the molecule is Cc1nc(-c2ccccn2)sc1C1CCCN1. The van der Waals surface area contributed by atoms with Crippen molar-refractivity contribution in [2.24, 2.45) is 0 Å². The lowest BCUT2D eigenvalue weighted by Gasteiger charge is -2.06. The monoisotopic (exact) mass is 245 g/mol. The molecule has 3 heterocycles. The molecule has 2 aromatic heterocycles. The fraction of sp³-hybridized carbons (Fsp3) is 0.385. The minimum atomic E-state index is 0.505. The van der Waals surface area contributed by atoms with E-state index in [9.17, 15) is 0 Å². The second-order valence-corrected chi connectivity index (χ2v) is 5.36. The molecule has 1 aliphatic rings. The van der Waals surface area contributed by atoms with Crippen molar-refractivity contribution in [3.63, 3.8) is 0 Å². The van der Waals surface area contributed by atoms with Crippen LogP contribution >= 0.6 is 11.3 Å². The number of aromatic nitrogens is 2. The maximum absolute atomic E-state index is 4.64. The number of nitrogens with zero attached hydrogens (tertiary/aromatic N) is 2. The minimum Gasteiger partial charge on any atom is -0.309 e. The van der Waals surface area contributed by atoms with Gasteiger partial charge in [-0.1, -0.05) is 6.07 Å². The Bertz CT molecular complexity index is 501. The normalized spacial score (nSPS) is 19.7. The predicted molar refractivity (Wildman–Crippen MR) is 70.1 cm³/mol. The Balaban J connectivity index is 1.95. The molecule has 0 bridgehead atoms. The predicted octanol–water partition coefficient (Wildman–Crippen LogP) is 2.94. The lowest BCUT2D eigenvalue weighted by atomic mass is 10.2. The van der Waals surface area contributed by atoms with E-state index < -0.39 is 0 Å². The van der Waals surface area contributed by atoms with Gasteiger partial charge in [0, 0.05) is 17.1 Å². The van der Waals surface area contributed by atoms with Gasteiger partial charge in [0.05, 0.1) is 11.4 Å². The Morgan fingerprint density at radius 3 is 3.06 bits per heavy atom. The number of nitrogens with one attached hydrogen (secondary N) is 1. The van der Waals surface area contributed by atoms with Crippen molar-refractivity contribution in [2.75, 3.05) is 6.54 Å². The largest absolute Gasteiger partial charge is 0.309 e. The molecular formula is C13H15N3S. The first kappa shape index (κ1) is 10.9. The highest BCUT2D eigenvalue weighted by Gasteiger charge is 2.21. The topological polar surface area (TPSA) is 37.8 Å². The molecule has 2 aromatic rings. The van der Waals surface area contributed by atoms with Crippen LogP contribution in [-0.2, 0) is 0 Å². The van der Waals surface area contributed by atoms with Crippen LogP contribution in [0.4, 0.5) is 0 Å². The molecule has 1 atom stereocenters. The first-order valence-electron chi connectivity index (χ1n) is 5.97. The molecule has 0 aromatic carbocycles. The van der Waals surface area contributed by atoms with E-state index in [0.717, 1.165) is 22.9 Å². The molecule has 1 aliphatic heterocycles. The summed E-state index contributed by atoms with van der Waals surface area (Å²) in [5.41, 5.74) is 2.12. The van der Waals surface area contributed by atoms with Crippen LogP contribution in [0.25, 0.3) is 10.7 Å². The van der Waals surface area contributed by atoms with Crippen LogP contribution in [0.2, 0.25) is 0 Å². The first-order chi connectivity index (χ1) is 8.34. The van der Waals surface area contributed by atoms with Crippen LogP contribution in [0.3, 0.4) is 0 Å². The van der Waals surface area contributed by atoms with E-state index in [4.69, 9.17) is 0 Å². The van der Waals surface area contributed by atoms with E-state index in [1.807, 2.05) is 24.4 Å². The van der Waals surface area contributed by atoms with Crippen LogP contribution in [0.1, 0.15) is 29.5 Å². The van der Waals surface area contributed by atoms with Gasteiger partial charge in [0.15, 0.2) is 0 Å². The van der Waals surface area contributed by atoms with Crippen molar-refractivity contribution in [1.29, 1.82) is 0 Å². The molecule has 1 fully saturated rings. The Kier molecular flexibility index (Phi) is 2.91. The molecule has 0 spiro atoms. The van der Waals surface area contributed by atoms with Crippen molar-refractivity contribution in [2.45, 2.75) is 25.8 Å². The maximum Gasteiger partial charge on any atom is 0.142 e. The second kappa shape index (κ2) is 4.55. The summed E-state index contributed by atoms with van der Waals surface area (Å²) in [6.07, 6.45) is 4.31. The quantitative estimate of drug-likeness (QED) is 0.884. The molecule has 3 rings (SSSR count). The molecule has 0 radical (unpaired) electrons. The highest BCUT2D eigenvalue weighted by atomic mass is 32.1. The molecule has 0 saturated carbocycles. The van der Waals surface area contributed by atoms with E-state index in [1.54, 1.807) is 11.3 Å². The average molecular weight is 245 g/mol. The van der Waals surface area contributed by atoms with Crippen LogP contribution < -0.4 is 5.32 Å². The number of pyridine rings is 1. The number of hydrogen-bond donors (Lipinski definition) is 1. The van der Waals surface area contributed by atoms with Crippen LogP contribution in [-0.4, -0.2) is 16.5 Å². The van der Waals surface area contributed by atoms with Crippen molar-refractivity contribution in [1.82, 2.24) is 15.3 Å². The third-order valence-corrected chi connectivity index (χ3v) is 4.39. The molecule has 17 heavy (non-hydrogen) atoms. The molecule has 0 aliphatic carbocycles. The second-order valence-electron chi connectivity index (χ2n) is 4.33. The summed E-state index contributed by atoms with van der Waals surface area (Å²) in [7, 11) is 0. The summed E-state index contributed by atoms with van der Waals surface area (Å²) in [4.78, 5) is 10.4. The summed E-state index contributed by atoms with van der Waals surface area (Å²) in [5.74, 6) is 0. The summed E-state index contributed by atoms with van der Waals surface area (Å²) in [5, 5.41) is 4.56. The van der Waals surface area contributed by atoms with Crippen LogP contribution in [0, 0.1) is 6.92 Å². The molecule has 88 valence electrons. The molecule has 1 saturated heterocycles. The zero-order chi connectivity index (χ0) is 11.7. The lowest BCUT2D eigenvalue weighted by molar-refractivity contribution is 0.654. The number of thiazole rings is 1. The van der Waals surface area contributed by atoms with E-state index >= 15 is 0 Å². The smallest absolute Gasteiger partial charge is 0.142 e. The van der Waals surface area contributed by atoms with E-state index in [1.165, 1.54) is 17.7 Å². The van der Waals surface area contributed by atoms with Gasteiger partial charge in [-0.25, -0.2) is 4.98 Å². The van der Waals surface area contributed by atoms with E-state index in [0.29, 0.717) is 6.04 Å². The third kappa shape index (κ3) is 2.10. The highest BCUT2D eigenvalue weighted by Crippen LogP contribution is 2.34. The zero-order valence-electron chi connectivity index (χ0n) is 9.81. The van der Waals surface area contributed by atoms with Crippen LogP contribution in [0.15, 0.2) is 24.4 Å². The zero-order valence-corrected chi connectivity index (χ0v) is 10.6. The van der Waals surface area contributed by atoms with Gasteiger partial charge in [0.2, 0.25) is 0 Å². The molecule has 0 amide bonds. The number of aryl methyl sites for hydroxylation is 1. The van der Waals surface area contributed by atoms with Crippen molar-refractivity contribution >= 4 is 11.3 Å². The van der Waals surface area contributed by atoms with E-state index in [-0.39, 0.29) is 0 Å². The summed E-state index contributed by atoms with van der Waals surface area (Å²) in [6, 6.07) is 6.46. The van der Waals surface area contributed by atoms with Crippen molar-refractivity contribution in [3.8, 4) is 10.7 Å². The highest BCUT2D eigenvalue weighted by molar-refractivity contribution is 7.15. The fourth-order valence-corrected chi connectivity index (χ4v) is 3.39. The van der Waals surface area contributed by atoms with Gasteiger partial charge in [0.1, 0.15) is 5.01 Å². The van der Waals surface area contributed by atoms with Gasteiger partial charge in [-0.05, 0) is 38.4 Å². The summed E-state index contributed by atoms with van der Waals surface area (Å²) < 4.78 is 0. The van der Waals surface area contributed by atoms with Crippen molar-refractivity contribution in [3.05, 3.63) is 35.0 Å². The number of hydrogen-bond acceptors (Lipinski definition) is 4. The Morgan fingerprint density at radius 2 is 2.35 bits per heavy atom. The molecular weight excluding hydrogens is 230 g/mol. The van der Waals surface area contributed by atoms with Crippen LogP contribution in [0.5, 0.6) is 0 Å². The average Bonchev–Trinajstić information content (AvgIpc) is 2.99. The number of rotatable bonds is 2. The summed E-state index contributed by atoms with van der Waals surface area (Å²) in [6.45, 7) is 3.22. The van der Waals surface area contributed by atoms with Gasteiger partial charge in [-0.2, -0.15) is 0 Å². The first-order valence-corrected chi connectivity index (χ1v) is 6.78. The van der Waals surface area contributed by atoms with Gasteiger partial charge < -0.3 is 5.32 Å². The molecule has 4 heteroatoms. The Labute approximate surface area is 105 Å². The van der Waals surface area contributed by atoms with E-state index in [2.05, 4.69) is 22.2 Å². The lowest BCUT2D eigenvalue weighted by Crippen LogP contribution is -2.12. The third-order valence-electron chi connectivity index (χ3n) is 3.09. The fourth-order valence-electron chi connectivity index (χ4n) is 2.24. The van der Waals surface area contributed by atoms with Gasteiger partial charge in [-0.3, -0.25) is 4.98 Å². The standard InChI is InChI=1S/C13H15N3S/c1-9-12(10-6-4-8-14-10)17-13(16-9)11-5-2-3-7-15-11/h2-3,5,7,10,14H,4,6,8H2,1H3. The minimum absolute atomic E-state index is 0.505. The molecule has 1 N–H and O–H groups in total. The van der Waals surface area contributed by atoms with Crippen molar-refractivity contribution < 1.29 is 0 Å². The van der Waals surface area contributed by atoms with Gasteiger partial charge >= 0.3 is 0 Å². The van der Waals surface area contributed by atoms with Gasteiger partial charge in [0.25, 0.3) is 0 Å².